The molecule has 4 rings (SSSR count). The molecule has 1 amide bonds. The molecule has 39 heavy (non-hydrogen) atoms. The number of hydrogen-bond donors (Lipinski definition) is 3. The van der Waals surface area contributed by atoms with Crippen molar-refractivity contribution < 1.29 is 55.7 Å². The Labute approximate surface area is 219 Å². The lowest BCUT2D eigenvalue weighted by Gasteiger charge is -2.33. The number of piperidine rings is 2. The largest absolute Gasteiger partial charge is 0.490 e. The fourth-order valence-corrected chi connectivity index (χ4v) is 4.18. The highest BCUT2D eigenvalue weighted by Crippen LogP contribution is 2.34. The van der Waals surface area contributed by atoms with Crippen LogP contribution in [0.5, 0.6) is 0 Å². The van der Waals surface area contributed by atoms with Crippen LogP contribution in [0.4, 0.5) is 32.3 Å². The Morgan fingerprint density at radius 1 is 0.949 bits per heavy atom. The topological polar surface area (TPSA) is 145 Å². The molecule has 4 heterocycles. The number of carbonyl (C=O) groups excluding carboxylic acids is 1. The second-order valence-electron chi connectivity index (χ2n) is 9.13. The quantitative estimate of drug-likeness (QED) is 0.459. The SMILES string of the molecule is CN1CCC(NC(=O)[C@H]2C[C@@H]3CCN(c4ncccn4)C[C@@H]3O2)CC1.O=C(O)C(F)(F)F.O=C(O)C(F)(F)F. The molecular formula is C22H29F6N5O6. The van der Waals surface area contributed by atoms with E-state index in [0.717, 1.165) is 57.8 Å². The lowest BCUT2D eigenvalue weighted by molar-refractivity contribution is -0.193. The number of rotatable bonds is 3. The standard InChI is InChI=1S/C18H27N5O2.2C2HF3O2/c1-22-8-4-14(5-9-22)21-17(24)15-11-13-3-10-23(12-16(13)25-15)18-19-6-2-7-20-18;2*3-2(4,5)1(6)7/h2,6-7,13-16H,3-5,8-12H2,1H3,(H,21,24);2*(H,6,7)/t13-,15+,16-;;/m0../s1. The fraction of sp³-hybridized carbons (Fsp3) is 0.682. The molecule has 3 atom stereocenters. The average Bonchev–Trinajstić information content (AvgIpc) is 3.29. The molecule has 0 aliphatic carbocycles. The van der Waals surface area contributed by atoms with E-state index >= 15 is 0 Å². The molecule has 0 bridgehead atoms. The summed E-state index contributed by atoms with van der Waals surface area (Å²) in [6.45, 7) is 3.80. The molecule has 220 valence electrons. The van der Waals surface area contributed by atoms with Gasteiger partial charge < -0.3 is 30.1 Å². The third-order valence-electron chi connectivity index (χ3n) is 6.23. The summed E-state index contributed by atoms with van der Waals surface area (Å²) >= 11 is 0. The molecule has 0 unspecified atom stereocenters. The van der Waals surface area contributed by atoms with Crippen molar-refractivity contribution in [1.82, 2.24) is 20.2 Å². The molecule has 0 radical (unpaired) electrons. The number of halogens is 6. The van der Waals surface area contributed by atoms with Crippen molar-refractivity contribution in [3.05, 3.63) is 18.5 Å². The molecule has 0 spiro atoms. The summed E-state index contributed by atoms with van der Waals surface area (Å²) in [5, 5.41) is 17.5. The van der Waals surface area contributed by atoms with Gasteiger partial charge in [0, 0.05) is 31.5 Å². The zero-order valence-corrected chi connectivity index (χ0v) is 20.8. The minimum absolute atomic E-state index is 0.0754. The van der Waals surface area contributed by atoms with E-state index in [4.69, 9.17) is 24.5 Å². The predicted molar refractivity (Wildman–Crippen MR) is 122 cm³/mol. The Morgan fingerprint density at radius 3 is 1.95 bits per heavy atom. The second kappa shape index (κ2) is 13.7. The first-order valence-corrected chi connectivity index (χ1v) is 11.8. The van der Waals surface area contributed by atoms with Crippen molar-refractivity contribution >= 4 is 23.8 Å². The zero-order valence-electron chi connectivity index (χ0n) is 20.8. The van der Waals surface area contributed by atoms with Gasteiger partial charge in [0.1, 0.15) is 6.10 Å². The number of aromatic nitrogens is 2. The fourth-order valence-electron chi connectivity index (χ4n) is 4.18. The number of nitrogens with one attached hydrogen (secondary N) is 1. The Hall–Kier alpha value is -3.21. The summed E-state index contributed by atoms with van der Waals surface area (Å²) in [6, 6.07) is 2.12. The molecule has 3 aliphatic heterocycles. The monoisotopic (exact) mass is 573 g/mol. The number of alkyl halides is 6. The molecule has 17 heteroatoms. The maximum Gasteiger partial charge on any atom is 0.490 e. The van der Waals surface area contributed by atoms with Gasteiger partial charge in [-0.3, -0.25) is 4.79 Å². The van der Waals surface area contributed by atoms with Gasteiger partial charge in [-0.1, -0.05) is 0 Å². The average molecular weight is 573 g/mol. The van der Waals surface area contributed by atoms with Crippen LogP contribution in [0.25, 0.3) is 0 Å². The number of carbonyl (C=O) groups is 3. The number of carboxylic acid groups (broad SMARTS) is 2. The number of nitrogens with zero attached hydrogens (tertiary/aromatic N) is 4. The van der Waals surface area contributed by atoms with E-state index in [1.165, 1.54) is 0 Å². The molecule has 0 aromatic carbocycles. The van der Waals surface area contributed by atoms with Crippen molar-refractivity contribution in [2.24, 2.45) is 5.92 Å². The number of anilines is 1. The van der Waals surface area contributed by atoms with Crippen molar-refractivity contribution in [1.29, 1.82) is 0 Å². The van der Waals surface area contributed by atoms with Crippen molar-refractivity contribution in [3.8, 4) is 0 Å². The Balaban J connectivity index is 0.000000317. The minimum atomic E-state index is -5.08. The molecule has 1 aromatic rings. The van der Waals surface area contributed by atoms with Crippen LogP contribution < -0.4 is 10.2 Å². The van der Waals surface area contributed by atoms with Crippen molar-refractivity contribution in [2.45, 2.75) is 56.3 Å². The van der Waals surface area contributed by atoms with E-state index in [1.807, 2.05) is 6.07 Å². The van der Waals surface area contributed by atoms with Gasteiger partial charge in [-0.05, 0) is 57.8 Å². The number of likely N-dealkylation sites (tertiary alicyclic amines) is 1. The van der Waals surface area contributed by atoms with Crippen LogP contribution in [0.1, 0.15) is 25.7 Å². The van der Waals surface area contributed by atoms with Crippen LogP contribution in [0.3, 0.4) is 0 Å². The first-order valence-electron chi connectivity index (χ1n) is 11.8. The number of hydrogen-bond acceptors (Lipinski definition) is 8. The molecule has 3 aliphatic rings. The molecular weight excluding hydrogens is 544 g/mol. The van der Waals surface area contributed by atoms with Crippen molar-refractivity contribution in [2.75, 3.05) is 38.1 Å². The minimum Gasteiger partial charge on any atom is -0.475 e. The number of amides is 1. The lowest BCUT2D eigenvalue weighted by atomic mass is 9.91. The maximum atomic E-state index is 12.6. The summed E-state index contributed by atoms with van der Waals surface area (Å²) in [4.78, 5) is 43.5. The summed E-state index contributed by atoms with van der Waals surface area (Å²) in [7, 11) is 2.13. The highest BCUT2D eigenvalue weighted by molar-refractivity contribution is 5.81. The first-order chi connectivity index (χ1) is 18.1. The highest BCUT2D eigenvalue weighted by Gasteiger charge is 2.43. The van der Waals surface area contributed by atoms with Gasteiger partial charge in [0.25, 0.3) is 0 Å². The molecule has 1 aromatic heterocycles. The summed E-state index contributed by atoms with van der Waals surface area (Å²) in [5.74, 6) is -4.22. The van der Waals surface area contributed by atoms with E-state index in [0.29, 0.717) is 12.0 Å². The third-order valence-corrected chi connectivity index (χ3v) is 6.23. The van der Waals surface area contributed by atoms with E-state index in [-0.39, 0.29) is 18.1 Å². The maximum absolute atomic E-state index is 12.6. The Kier molecular flexibility index (Phi) is 11.3. The smallest absolute Gasteiger partial charge is 0.475 e. The number of ether oxygens (including phenoxy) is 1. The zero-order chi connectivity index (χ0) is 29.4. The highest BCUT2D eigenvalue weighted by atomic mass is 19.4. The van der Waals surface area contributed by atoms with Gasteiger partial charge in [0.15, 0.2) is 0 Å². The third kappa shape index (κ3) is 10.5. The predicted octanol–water partition coefficient (Wildman–Crippen LogP) is 1.94. The van der Waals surface area contributed by atoms with Gasteiger partial charge in [-0.2, -0.15) is 26.3 Å². The molecule has 11 nitrogen and oxygen atoms in total. The molecule has 3 N–H and O–H groups in total. The van der Waals surface area contributed by atoms with Gasteiger partial charge in [-0.25, -0.2) is 19.6 Å². The van der Waals surface area contributed by atoms with Gasteiger partial charge in [0.2, 0.25) is 11.9 Å². The first kappa shape index (κ1) is 32.0. The van der Waals surface area contributed by atoms with Crippen LogP contribution in [0.15, 0.2) is 18.5 Å². The van der Waals surface area contributed by atoms with Gasteiger partial charge >= 0.3 is 24.3 Å². The second-order valence-corrected chi connectivity index (χ2v) is 9.13. The summed E-state index contributed by atoms with van der Waals surface area (Å²) in [5.41, 5.74) is 0. The van der Waals surface area contributed by atoms with Crippen LogP contribution in [0, 0.1) is 5.92 Å². The van der Waals surface area contributed by atoms with E-state index in [1.54, 1.807) is 12.4 Å². The Morgan fingerprint density at radius 2 is 1.46 bits per heavy atom. The normalized spacial score (nSPS) is 23.9. The van der Waals surface area contributed by atoms with Crippen LogP contribution in [-0.4, -0.2) is 107 Å². The molecule has 0 saturated carbocycles. The number of aliphatic carboxylic acids is 2. The molecule has 3 fully saturated rings. The van der Waals surface area contributed by atoms with Crippen LogP contribution in [-0.2, 0) is 19.1 Å². The number of fused-ring (bicyclic) bond motifs is 1. The van der Waals surface area contributed by atoms with Crippen LogP contribution in [0.2, 0.25) is 0 Å². The number of carboxylic acids is 2. The molecule has 3 saturated heterocycles. The van der Waals surface area contributed by atoms with Gasteiger partial charge in [0.05, 0.1) is 6.10 Å². The van der Waals surface area contributed by atoms with E-state index < -0.39 is 24.3 Å². The van der Waals surface area contributed by atoms with Crippen molar-refractivity contribution in [3.63, 3.8) is 0 Å². The lowest BCUT2D eigenvalue weighted by Crippen LogP contribution is -2.47. The van der Waals surface area contributed by atoms with Gasteiger partial charge in [-0.15, -0.1) is 0 Å². The van der Waals surface area contributed by atoms with E-state index in [9.17, 15) is 31.1 Å². The summed E-state index contributed by atoms with van der Waals surface area (Å²) < 4.78 is 69.6. The van der Waals surface area contributed by atoms with E-state index in [2.05, 4.69) is 32.1 Å². The Bertz CT molecular complexity index is 935. The van der Waals surface area contributed by atoms with Crippen LogP contribution >= 0.6 is 0 Å². The summed E-state index contributed by atoms with van der Waals surface area (Å²) in [6.07, 6.45) is -2.91.